The first-order valence-corrected chi connectivity index (χ1v) is 9.62. The van der Waals surface area contributed by atoms with Gasteiger partial charge in [0.1, 0.15) is 0 Å². The third-order valence-corrected chi connectivity index (χ3v) is 3.78. The number of amides is 1. The summed E-state index contributed by atoms with van der Waals surface area (Å²) in [6.45, 7) is 10.8. The van der Waals surface area contributed by atoms with E-state index in [2.05, 4.69) is 20.9 Å². The molecule has 152 valence electrons. The van der Waals surface area contributed by atoms with Crippen molar-refractivity contribution in [1.29, 1.82) is 0 Å². The topological polar surface area (TPSA) is 84.0 Å². The van der Waals surface area contributed by atoms with Gasteiger partial charge in [-0.25, -0.2) is 0 Å². The Balaban J connectivity index is 2.41. The fourth-order valence-electron chi connectivity index (χ4n) is 2.37. The predicted molar refractivity (Wildman–Crippen MR) is 110 cm³/mol. The maximum Gasteiger partial charge on any atom is 0.222 e. The molecule has 1 rings (SSSR count). The summed E-state index contributed by atoms with van der Waals surface area (Å²) in [6.07, 6.45) is 0.831. The zero-order valence-corrected chi connectivity index (χ0v) is 17.2. The first kappa shape index (κ1) is 22.6. The molecule has 0 atom stereocenters. The number of benzene rings is 1. The summed E-state index contributed by atoms with van der Waals surface area (Å²) >= 11 is 0. The van der Waals surface area contributed by atoms with Crippen LogP contribution in [0.1, 0.15) is 33.3 Å². The number of carbonyl (C=O) groups is 1. The van der Waals surface area contributed by atoms with Gasteiger partial charge in [-0.2, -0.15) is 0 Å². The number of guanidine groups is 1. The number of aliphatic imine (C=N–C) groups is 1. The second-order valence-corrected chi connectivity index (χ2v) is 6.27. The van der Waals surface area contributed by atoms with Gasteiger partial charge in [0.25, 0.3) is 0 Å². The van der Waals surface area contributed by atoms with Crippen LogP contribution >= 0.6 is 0 Å². The van der Waals surface area contributed by atoms with Crippen LogP contribution in [0.3, 0.4) is 0 Å². The third kappa shape index (κ3) is 8.66. The average Bonchev–Trinajstić information content (AvgIpc) is 2.65. The fourth-order valence-corrected chi connectivity index (χ4v) is 2.37. The van der Waals surface area contributed by atoms with Gasteiger partial charge in [0.2, 0.25) is 5.91 Å². The van der Waals surface area contributed by atoms with Crippen LogP contribution in [0.2, 0.25) is 0 Å². The van der Waals surface area contributed by atoms with Gasteiger partial charge in [-0.1, -0.05) is 19.9 Å². The smallest absolute Gasteiger partial charge is 0.222 e. The first-order valence-electron chi connectivity index (χ1n) is 9.62. The van der Waals surface area contributed by atoms with E-state index < -0.39 is 0 Å². The maximum atomic E-state index is 11.5. The summed E-state index contributed by atoms with van der Waals surface area (Å²) in [5, 5.41) is 9.33. The number of nitrogens with one attached hydrogen (secondary N) is 3. The molecule has 0 aliphatic heterocycles. The molecule has 7 heteroatoms. The summed E-state index contributed by atoms with van der Waals surface area (Å²) in [5.41, 5.74) is 1.16. The summed E-state index contributed by atoms with van der Waals surface area (Å²) in [7, 11) is 1.73. The molecule has 0 aromatic heterocycles. The van der Waals surface area contributed by atoms with Gasteiger partial charge >= 0.3 is 0 Å². The van der Waals surface area contributed by atoms with Crippen molar-refractivity contribution in [2.75, 3.05) is 39.9 Å². The Bertz CT molecular complexity index is 603. The van der Waals surface area contributed by atoms with Gasteiger partial charge in [0.15, 0.2) is 17.5 Å². The van der Waals surface area contributed by atoms with E-state index >= 15 is 0 Å². The Kier molecular flexibility index (Phi) is 10.7. The van der Waals surface area contributed by atoms with E-state index in [4.69, 9.17) is 9.47 Å². The third-order valence-electron chi connectivity index (χ3n) is 3.78. The Morgan fingerprint density at radius 1 is 1.00 bits per heavy atom. The SMILES string of the molecule is CCOc1ccc(CCNC(=NC)NCCNC(=O)C(C)C)cc1OCC. The Hall–Kier alpha value is -2.44. The van der Waals surface area contributed by atoms with Crippen LogP contribution in [0.4, 0.5) is 0 Å². The molecule has 0 unspecified atom stereocenters. The van der Waals surface area contributed by atoms with Crippen LogP contribution in [0.25, 0.3) is 0 Å². The van der Waals surface area contributed by atoms with Crippen LogP contribution < -0.4 is 25.4 Å². The van der Waals surface area contributed by atoms with Gasteiger partial charge < -0.3 is 25.4 Å². The molecule has 1 aromatic carbocycles. The van der Waals surface area contributed by atoms with Gasteiger partial charge in [-0.15, -0.1) is 0 Å². The molecule has 0 bridgehead atoms. The van der Waals surface area contributed by atoms with Gasteiger partial charge in [-0.3, -0.25) is 9.79 Å². The average molecular weight is 379 g/mol. The quantitative estimate of drug-likeness (QED) is 0.311. The molecule has 1 aromatic rings. The van der Waals surface area contributed by atoms with E-state index in [1.165, 1.54) is 0 Å². The Morgan fingerprint density at radius 3 is 2.26 bits per heavy atom. The highest BCUT2D eigenvalue weighted by atomic mass is 16.5. The van der Waals surface area contributed by atoms with Crippen LogP contribution in [-0.2, 0) is 11.2 Å². The number of carbonyl (C=O) groups excluding carboxylic acids is 1. The lowest BCUT2D eigenvalue weighted by molar-refractivity contribution is -0.123. The number of nitrogens with zero attached hydrogens (tertiary/aromatic N) is 1. The van der Waals surface area contributed by atoms with Crippen LogP contribution in [0.5, 0.6) is 11.5 Å². The largest absolute Gasteiger partial charge is 0.490 e. The number of hydrogen-bond acceptors (Lipinski definition) is 4. The minimum atomic E-state index is -0.00173. The molecule has 0 aliphatic carbocycles. The lowest BCUT2D eigenvalue weighted by Crippen LogP contribution is -2.42. The summed E-state index contributed by atoms with van der Waals surface area (Å²) in [5.74, 6) is 2.32. The predicted octanol–water partition coefficient (Wildman–Crippen LogP) is 1.96. The van der Waals surface area contributed by atoms with Crippen molar-refractivity contribution in [1.82, 2.24) is 16.0 Å². The molecule has 7 nitrogen and oxygen atoms in total. The molecule has 0 radical (unpaired) electrons. The number of ether oxygens (including phenoxy) is 2. The molecule has 1 amide bonds. The van der Waals surface area contributed by atoms with Crippen LogP contribution in [-0.4, -0.2) is 51.8 Å². The van der Waals surface area contributed by atoms with Crippen molar-refractivity contribution in [3.8, 4) is 11.5 Å². The molecule has 3 N–H and O–H groups in total. The molecular formula is C20H34N4O3. The zero-order valence-electron chi connectivity index (χ0n) is 17.2. The van der Waals surface area contributed by atoms with Crippen molar-refractivity contribution < 1.29 is 14.3 Å². The normalized spacial score (nSPS) is 11.3. The molecule has 0 saturated heterocycles. The van der Waals surface area contributed by atoms with Gasteiger partial charge in [0, 0.05) is 32.6 Å². The first-order chi connectivity index (χ1) is 13.0. The molecule has 0 spiro atoms. The zero-order chi connectivity index (χ0) is 20.1. The number of hydrogen-bond donors (Lipinski definition) is 3. The molecular weight excluding hydrogens is 344 g/mol. The maximum absolute atomic E-state index is 11.5. The van der Waals surface area contributed by atoms with E-state index in [9.17, 15) is 4.79 Å². The van der Waals surface area contributed by atoms with E-state index in [0.29, 0.717) is 32.3 Å². The minimum Gasteiger partial charge on any atom is -0.490 e. The second-order valence-electron chi connectivity index (χ2n) is 6.27. The van der Waals surface area contributed by atoms with Gasteiger partial charge in [-0.05, 0) is 38.0 Å². The Morgan fingerprint density at radius 2 is 1.63 bits per heavy atom. The van der Waals surface area contributed by atoms with E-state index in [-0.39, 0.29) is 11.8 Å². The van der Waals surface area contributed by atoms with Crippen molar-refractivity contribution in [2.24, 2.45) is 10.9 Å². The van der Waals surface area contributed by atoms with Crippen molar-refractivity contribution in [3.63, 3.8) is 0 Å². The van der Waals surface area contributed by atoms with Crippen molar-refractivity contribution in [2.45, 2.75) is 34.1 Å². The lowest BCUT2D eigenvalue weighted by Gasteiger charge is -2.14. The van der Waals surface area contributed by atoms with E-state index in [0.717, 1.165) is 30.0 Å². The van der Waals surface area contributed by atoms with Crippen LogP contribution in [0.15, 0.2) is 23.2 Å². The summed E-state index contributed by atoms with van der Waals surface area (Å²) in [6, 6.07) is 6.02. The summed E-state index contributed by atoms with van der Waals surface area (Å²) < 4.78 is 11.3. The molecule has 0 fully saturated rings. The Labute approximate surface area is 162 Å². The molecule has 0 saturated carbocycles. The van der Waals surface area contributed by atoms with E-state index in [1.807, 2.05) is 45.9 Å². The number of rotatable bonds is 11. The van der Waals surface area contributed by atoms with E-state index in [1.54, 1.807) is 7.05 Å². The van der Waals surface area contributed by atoms with Gasteiger partial charge in [0.05, 0.1) is 13.2 Å². The highest BCUT2D eigenvalue weighted by Crippen LogP contribution is 2.28. The molecule has 0 aliphatic rings. The second kappa shape index (κ2) is 12.8. The highest BCUT2D eigenvalue weighted by molar-refractivity contribution is 5.80. The van der Waals surface area contributed by atoms with Crippen LogP contribution in [0, 0.1) is 5.92 Å². The molecule has 0 heterocycles. The monoisotopic (exact) mass is 378 g/mol. The van der Waals surface area contributed by atoms with Crippen molar-refractivity contribution in [3.05, 3.63) is 23.8 Å². The highest BCUT2D eigenvalue weighted by Gasteiger charge is 2.07. The summed E-state index contributed by atoms with van der Waals surface area (Å²) in [4.78, 5) is 15.7. The molecule has 27 heavy (non-hydrogen) atoms. The standard InChI is InChI=1S/C20H34N4O3/c1-6-26-17-9-8-16(14-18(17)27-7-2)10-11-23-20(21-5)24-13-12-22-19(25)15(3)4/h8-9,14-15H,6-7,10-13H2,1-5H3,(H,22,25)(H2,21,23,24). The lowest BCUT2D eigenvalue weighted by atomic mass is 10.1. The van der Waals surface area contributed by atoms with Crippen molar-refractivity contribution >= 4 is 11.9 Å². The minimum absolute atomic E-state index is 0.00173. The fraction of sp³-hybridized carbons (Fsp3) is 0.600.